The van der Waals surface area contributed by atoms with Crippen LogP contribution in [0.2, 0.25) is 0 Å². The second kappa shape index (κ2) is 5.04. The average Bonchev–Trinajstić information content (AvgIpc) is 2.96. The Balaban J connectivity index is 1.73. The summed E-state index contributed by atoms with van der Waals surface area (Å²) in [4.78, 5) is 7.51. The third kappa shape index (κ3) is 2.20. The van der Waals surface area contributed by atoms with Crippen molar-refractivity contribution in [1.82, 2.24) is 14.5 Å². The Kier molecular flexibility index (Phi) is 3.42. The summed E-state index contributed by atoms with van der Waals surface area (Å²) < 4.78 is 2.40. The van der Waals surface area contributed by atoms with Gasteiger partial charge in [0.1, 0.15) is 5.82 Å². The first-order valence-electron chi connectivity index (χ1n) is 7.58. The molecule has 0 saturated carbocycles. The number of nitrogens with zero attached hydrogens (tertiary/aromatic N) is 3. The summed E-state index contributed by atoms with van der Waals surface area (Å²) in [5, 5.41) is 0. The summed E-state index contributed by atoms with van der Waals surface area (Å²) in [6, 6.07) is 0.738. The molecular formula is C15H25N3. The minimum Gasteiger partial charge on any atom is -0.334 e. The molecule has 0 radical (unpaired) electrons. The highest BCUT2D eigenvalue weighted by atomic mass is 15.2. The van der Waals surface area contributed by atoms with E-state index in [1.54, 1.807) is 0 Å². The minimum absolute atomic E-state index is 0.651. The fourth-order valence-corrected chi connectivity index (χ4v) is 3.64. The molecule has 3 heteroatoms. The SMILES string of the molecule is CCN1CCCC1Cc1cn2c(n1)C(C)CCC2. The van der Waals surface area contributed by atoms with E-state index in [1.807, 2.05) is 0 Å². The number of rotatable bonds is 3. The topological polar surface area (TPSA) is 21.1 Å². The summed E-state index contributed by atoms with van der Waals surface area (Å²) in [7, 11) is 0. The molecule has 0 N–H and O–H groups in total. The predicted octanol–water partition coefficient (Wildman–Crippen LogP) is 2.81. The van der Waals surface area contributed by atoms with Crippen LogP contribution >= 0.6 is 0 Å². The predicted molar refractivity (Wildman–Crippen MR) is 73.8 cm³/mol. The lowest BCUT2D eigenvalue weighted by Gasteiger charge is -2.21. The quantitative estimate of drug-likeness (QED) is 0.819. The van der Waals surface area contributed by atoms with E-state index in [1.165, 1.54) is 56.8 Å². The van der Waals surface area contributed by atoms with Crippen LogP contribution in [0.25, 0.3) is 0 Å². The molecule has 18 heavy (non-hydrogen) atoms. The molecule has 1 fully saturated rings. The molecule has 1 aromatic heterocycles. The molecule has 1 saturated heterocycles. The Morgan fingerprint density at radius 2 is 2.11 bits per heavy atom. The standard InChI is InChI=1S/C15H25N3/c1-3-17-8-5-7-14(17)10-13-11-18-9-4-6-12(2)15(18)16-13/h11-12,14H,3-10H2,1-2H3. The van der Waals surface area contributed by atoms with Crippen molar-refractivity contribution in [2.24, 2.45) is 0 Å². The van der Waals surface area contributed by atoms with Crippen LogP contribution in [-0.2, 0) is 13.0 Å². The molecule has 0 aliphatic carbocycles. The van der Waals surface area contributed by atoms with E-state index < -0.39 is 0 Å². The van der Waals surface area contributed by atoms with Crippen LogP contribution in [0.15, 0.2) is 6.20 Å². The fourth-order valence-electron chi connectivity index (χ4n) is 3.64. The van der Waals surface area contributed by atoms with Gasteiger partial charge < -0.3 is 9.47 Å². The van der Waals surface area contributed by atoms with Crippen molar-refractivity contribution in [1.29, 1.82) is 0 Å². The van der Waals surface area contributed by atoms with Crippen molar-refractivity contribution in [2.75, 3.05) is 13.1 Å². The van der Waals surface area contributed by atoms with Crippen LogP contribution in [0.5, 0.6) is 0 Å². The van der Waals surface area contributed by atoms with Gasteiger partial charge in [0.25, 0.3) is 0 Å². The van der Waals surface area contributed by atoms with E-state index in [-0.39, 0.29) is 0 Å². The maximum atomic E-state index is 4.90. The van der Waals surface area contributed by atoms with Gasteiger partial charge in [0.05, 0.1) is 5.69 Å². The van der Waals surface area contributed by atoms with Gasteiger partial charge in [0.15, 0.2) is 0 Å². The van der Waals surface area contributed by atoms with Crippen LogP contribution in [0.4, 0.5) is 0 Å². The van der Waals surface area contributed by atoms with Gasteiger partial charge in [-0.1, -0.05) is 13.8 Å². The fraction of sp³-hybridized carbons (Fsp3) is 0.800. The molecule has 3 heterocycles. The zero-order chi connectivity index (χ0) is 12.5. The highest BCUT2D eigenvalue weighted by Crippen LogP contribution is 2.27. The Labute approximate surface area is 110 Å². The van der Waals surface area contributed by atoms with Crippen molar-refractivity contribution in [3.63, 3.8) is 0 Å². The Morgan fingerprint density at radius 1 is 1.28 bits per heavy atom. The minimum atomic E-state index is 0.651. The maximum absolute atomic E-state index is 4.90. The first-order chi connectivity index (χ1) is 8.78. The van der Waals surface area contributed by atoms with Crippen molar-refractivity contribution in [3.8, 4) is 0 Å². The van der Waals surface area contributed by atoms with E-state index in [0.717, 1.165) is 12.5 Å². The monoisotopic (exact) mass is 247 g/mol. The Morgan fingerprint density at radius 3 is 2.89 bits per heavy atom. The number of imidazole rings is 1. The molecule has 2 unspecified atom stereocenters. The zero-order valence-corrected chi connectivity index (χ0v) is 11.7. The number of hydrogen-bond donors (Lipinski definition) is 0. The highest BCUT2D eigenvalue weighted by molar-refractivity contribution is 5.11. The van der Waals surface area contributed by atoms with Gasteiger partial charge in [-0.25, -0.2) is 4.98 Å². The summed E-state index contributed by atoms with van der Waals surface area (Å²) in [5.41, 5.74) is 1.32. The zero-order valence-electron chi connectivity index (χ0n) is 11.7. The first-order valence-corrected chi connectivity index (χ1v) is 7.58. The molecule has 2 aliphatic rings. The number of hydrogen-bond acceptors (Lipinski definition) is 2. The molecule has 100 valence electrons. The van der Waals surface area contributed by atoms with Gasteiger partial charge in [0, 0.05) is 31.1 Å². The van der Waals surface area contributed by atoms with Crippen molar-refractivity contribution in [3.05, 3.63) is 17.7 Å². The second-order valence-corrected chi connectivity index (χ2v) is 5.96. The van der Waals surface area contributed by atoms with Crippen molar-refractivity contribution in [2.45, 2.75) is 64.5 Å². The van der Waals surface area contributed by atoms with Crippen LogP contribution in [-0.4, -0.2) is 33.6 Å². The lowest BCUT2D eigenvalue weighted by Crippen LogP contribution is -2.30. The lowest BCUT2D eigenvalue weighted by molar-refractivity contribution is 0.265. The molecule has 2 aliphatic heterocycles. The molecule has 0 amide bonds. The third-order valence-electron chi connectivity index (χ3n) is 4.68. The molecular weight excluding hydrogens is 222 g/mol. The van der Waals surface area contributed by atoms with Crippen molar-refractivity contribution >= 4 is 0 Å². The Bertz CT molecular complexity index is 410. The van der Waals surface area contributed by atoms with E-state index in [4.69, 9.17) is 4.98 Å². The largest absolute Gasteiger partial charge is 0.334 e. The number of likely N-dealkylation sites (N-methyl/N-ethyl adjacent to an activating group) is 1. The number of fused-ring (bicyclic) bond motifs is 1. The van der Waals surface area contributed by atoms with Crippen LogP contribution in [0.3, 0.4) is 0 Å². The van der Waals surface area contributed by atoms with Gasteiger partial charge in [-0.2, -0.15) is 0 Å². The van der Waals surface area contributed by atoms with E-state index in [0.29, 0.717) is 5.92 Å². The van der Waals surface area contributed by atoms with Crippen LogP contribution < -0.4 is 0 Å². The number of aromatic nitrogens is 2. The van der Waals surface area contributed by atoms with Gasteiger partial charge in [-0.05, 0) is 38.8 Å². The third-order valence-corrected chi connectivity index (χ3v) is 4.68. The normalized spacial score (nSPS) is 28.6. The average molecular weight is 247 g/mol. The van der Waals surface area contributed by atoms with Crippen LogP contribution in [0, 0.1) is 0 Å². The molecule has 0 bridgehead atoms. The molecule has 1 aromatic rings. The Hall–Kier alpha value is -0.830. The van der Waals surface area contributed by atoms with Gasteiger partial charge in [-0.3, -0.25) is 0 Å². The summed E-state index contributed by atoms with van der Waals surface area (Å²) in [5.74, 6) is 1.98. The van der Waals surface area contributed by atoms with E-state index >= 15 is 0 Å². The van der Waals surface area contributed by atoms with Gasteiger partial charge >= 0.3 is 0 Å². The van der Waals surface area contributed by atoms with E-state index in [2.05, 4.69) is 29.5 Å². The summed E-state index contributed by atoms with van der Waals surface area (Å²) in [6.07, 6.45) is 8.81. The molecule has 0 spiro atoms. The summed E-state index contributed by atoms with van der Waals surface area (Å²) in [6.45, 7) is 8.24. The van der Waals surface area contributed by atoms with Gasteiger partial charge in [-0.15, -0.1) is 0 Å². The molecule has 0 aromatic carbocycles. The number of aryl methyl sites for hydroxylation is 1. The molecule has 2 atom stereocenters. The number of likely N-dealkylation sites (tertiary alicyclic amines) is 1. The van der Waals surface area contributed by atoms with Crippen LogP contribution in [0.1, 0.15) is 57.0 Å². The highest BCUT2D eigenvalue weighted by Gasteiger charge is 2.25. The molecule has 3 nitrogen and oxygen atoms in total. The summed E-state index contributed by atoms with van der Waals surface area (Å²) >= 11 is 0. The van der Waals surface area contributed by atoms with Gasteiger partial charge in [0.2, 0.25) is 0 Å². The lowest BCUT2D eigenvalue weighted by atomic mass is 10.0. The molecule has 3 rings (SSSR count). The maximum Gasteiger partial charge on any atom is 0.111 e. The van der Waals surface area contributed by atoms with Crippen molar-refractivity contribution < 1.29 is 0 Å². The van der Waals surface area contributed by atoms with E-state index in [9.17, 15) is 0 Å². The second-order valence-electron chi connectivity index (χ2n) is 5.96. The smallest absolute Gasteiger partial charge is 0.111 e. The first kappa shape index (κ1) is 12.2.